The first kappa shape index (κ1) is 66.4. The quantitative estimate of drug-likeness (QED) is 0.0262. The minimum Gasteiger partial charge on any atom is -0.462 e. The van der Waals surface area contributed by atoms with Gasteiger partial charge in [0.1, 0.15) is 13.2 Å². The lowest BCUT2D eigenvalue weighted by atomic mass is 10.1. The van der Waals surface area contributed by atoms with Crippen molar-refractivity contribution in [1.82, 2.24) is 0 Å². The summed E-state index contributed by atoms with van der Waals surface area (Å²) in [7, 11) is 0. The van der Waals surface area contributed by atoms with E-state index in [0.717, 1.165) is 70.6 Å². The molecular formula is C63H114O6. The van der Waals surface area contributed by atoms with Gasteiger partial charge in [0.25, 0.3) is 0 Å². The van der Waals surface area contributed by atoms with Crippen molar-refractivity contribution in [3.63, 3.8) is 0 Å². The van der Waals surface area contributed by atoms with E-state index in [1.807, 2.05) is 0 Å². The van der Waals surface area contributed by atoms with Crippen LogP contribution in [0.15, 0.2) is 48.6 Å². The molecule has 0 fully saturated rings. The molecule has 1 unspecified atom stereocenters. The molecule has 0 saturated carbocycles. The van der Waals surface area contributed by atoms with Gasteiger partial charge in [-0.25, -0.2) is 0 Å². The van der Waals surface area contributed by atoms with Crippen molar-refractivity contribution in [2.75, 3.05) is 13.2 Å². The first-order chi connectivity index (χ1) is 34.0. The monoisotopic (exact) mass is 967 g/mol. The van der Waals surface area contributed by atoms with Crippen LogP contribution in [-0.4, -0.2) is 37.2 Å². The molecule has 0 bridgehead atoms. The molecule has 0 saturated heterocycles. The fourth-order valence-electron chi connectivity index (χ4n) is 8.69. The Bertz CT molecular complexity index is 1200. The molecule has 0 aliphatic rings. The Morgan fingerprint density at radius 2 is 0.536 bits per heavy atom. The summed E-state index contributed by atoms with van der Waals surface area (Å²) in [6.07, 6.45) is 71.1. The van der Waals surface area contributed by atoms with Gasteiger partial charge in [0, 0.05) is 19.3 Å². The highest BCUT2D eigenvalue weighted by Gasteiger charge is 2.19. The van der Waals surface area contributed by atoms with E-state index in [4.69, 9.17) is 14.2 Å². The van der Waals surface area contributed by atoms with Gasteiger partial charge in [-0.2, -0.15) is 0 Å². The largest absolute Gasteiger partial charge is 0.462 e. The maximum absolute atomic E-state index is 12.9. The Balaban J connectivity index is 4.30. The molecule has 0 aliphatic heterocycles. The summed E-state index contributed by atoms with van der Waals surface area (Å²) in [5, 5.41) is 0. The number of allylic oxidation sites excluding steroid dienone is 8. The number of esters is 3. The first-order valence-corrected chi connectivity index (χ1v) is 30.1. The van der Waals surface area contributed by atoms with E-state index in [0.29, 0.717) is 19.3 Å². The minimum absolute atomic E-state index is 0.0771. The summed E-state index contributed by atoms with van der Waals surface area (Å²) >= 11 is 0. The van der Waals surface area contributed by atoms with Crippen LogP contribution in [0, 0.1) is 0 Å². The van der Waals surface area contributed by atoms with Crippen molar-refractivity contribution in [3.8, 4) is 0 Å². The van der Waals surface area contributed by atoms with E-state index >= 15 is 0 Å². The third-order valence-corrected chi connectivity index (χ3v) is 13.3. The van der Waals surface area contributed by atoms with Crippen LogP contribution in [0.1, 0.15) is 316 Å². The van der Waals surface area contributed by atoms with Gasteiger partial charge in [-0.1, -0.05) is 249 Å². The zero-order chi connectivity index (χ0) is 50.0. The Hall–Kier alpha value is -2.63. The summed E-state index contributed by atoms with van der Waals surface area (Å²) in [5.41, 5.74) is 0. The highest BCUT2D eigenvalue weighted by Crippen LogP contribution is 2.16. The van der Waals surface area contributed by atoms with Gasteiger partial charge in [0.05, 0.1) is 0 Å². The van der Waals surface area contributed by atoms with Crippen molar-refractivity contribution in [3.05, 3.63) is 48.6 Å². The van der Waals surface area contributed by atoms with E-state index in [9.17, 15) is 14.4 Å². The van der Waals surface area contributed by atoms with Crippen LogP contribution in [0.2, 0.25) is 0 Å². The molecular weight excluding hydrogens is 853 g/mol. The molecule has 0 rings (SSSR count). The van der Waals surface area contributed by atoms with Crippen molar-refractivity contribution in [1.29, 1.82) is 0 Å². The molecule has 69 heavy (non-hydrogen) atoms. The van der Waals surface area contributed by atoms with E-state index in [1.54, 1.807) is 0 Å². The molecule has 0 aromatic heterocycles. The predicted octanol–water partition coefficient (Wildman–Crippen LogP) is 20.2. The maximum Gasteiger partial charge on any atom is 0.306 e. The molecule has 0 spiro atoms. The van der Waals surface area contributed by atoms with Gasteiger partial charge in [0.15, 0.2) is 6.10 Å². The Morgan fingerprint density at radius 3 is 0.855 bits per heavy atom. The lowest BCUT2D eigenvalue weighted by Crippen LogP contribution is -2.30. The van der Waals surface area contributed by atoms with E-state index in [1.165, 1.54) is 205 Å². The zero-order valence-electron chi connectivity index (χ0n) is 46.1. The average Bonchev–Trinajstić information content (AvgIpc) is 3.35. The summed E-state index contributed by atoms with van der Waals surface area (Å²) < 4.78 is 16.9. The molecule has 0 radical (unpaired) electrons. The third-order valence-electron chi connectivity index (χ3n) is 13.3. The number of hydrogen-bond acceptors (Lipinski definition) is 6. The van der Waals surface area contributed by atoms with Crippen LogP contribution < -0.4 is 0 Å². The number of rotatable bonds is 55. The van der Waals surface area contributed by atoms with Crippen molar-refractivity contribution in [2.45, 2.75) is 322 Å². The number of ether oxygens (including phenoxy) is 3. The lowest BCUT2D eigenvalue weighted by Gasteiger charge is -2.18. The number of hydrogen-bond donors (Lipinski definition) is 0. The highest BCUT2D eigenvalue weighted by atomic mass is 16.6. The summed E-state index contributed by atoms with van der Waals surface area (Å²) in [5.74, 6) is -0.879. The van der Waals surface area contributed by atoms with Gasteiger partial charge in [0.2, 0.25) is 0 Å². The third kappa shape index (κ3) is 56.2. The van der Waals surface area contributed by atoms with Crippen molar-refractivity contribution < 1.29 is 28.6 Å². The van der Waals surface area contributed by atoms with Crippen LogP contribution in [0.3, 0.4) is 0 Å². The fourth-order valence-corrected chi connectivity index (χ4v) is 8.69. The van der Waals surface area contributed by atoms with E-state index in [-0.39, 0.29) is 31.1 Å². The molecule has 402 valence electrons. The Morgan fingerprint density at radius 1 is 0.290 bits per heavy atom. The van der Waals surface area contributed by atoms with E-state index < -0.39 is 6.10 Å². The summed E-state index contributed by atoms with van der Waals surface area (Å²) in [4.78, 5) is 38.2. The molecule has 0 heterocycles. The fraction of sp³-hybridized carbons (Fsp3) is 0.825. The standard InChI is InChI=1S/C63H114O6/c1-4-7-10-13-16-19-22-24-26-28-30-31-33-34-36-38-41-44-47-50-53-56-62(65)68-59-60(58-67-61(64)55-52-49-46-43-40-21-18-15-12-9-6-3)69-63(66)57-54-51-48-45-42-39-37-35-32-29-27-25-23-20-17-14-11-8-5-2/h15,18,22,24-25,27-28,30,60H,4-14,16-17,19-21,23,26,29,31-59H2,1-3H3/b18-15-,24-22-,27-25-,30-28-. The number of unbranched alkanes of at least 4 members (excludes halogenated alkanes) is 36. The molecule has 0 aromatic carbocycles. The minimum atomic E-state index is -0.778. The second kappa shape index (κ2) is 57.9. The molecule has 0 N–H and O–H groups in total. The summed E-state index contributed by atoms with van der Waals surface area (Å²) in [6.45, 7) is 6.61. The molecule has 0 aromatic rings. The average molecular weight is 968 g/mol. The molecule has 0 aliphatic carbocycles. The molecule has 0 amide bonds. The van der Waals surface area contributed by atoms with Gasteiger partial charge in [-0.05, 0) is 96.3 Å². The zero-order valence-corrected chi connectivity index (χ0v) is 46.1. The first-order valence-electron chi connectivity index (χ1n) is 30.1. The lowest BCUT2D eigenvalue weighted by molar-refractivity contribution is -0.167. The molecule has 1 atom stereocenters. The number of carbonyl (C=O) groups is 3. The van der Waals surface area contributed by atoms with Gasteiger partial charge in [-0.3, -0.25) is 14.4 Å². The Labute approximate surface area is 428 Å². The predicted molar refractivity (Wildman–Crippen MR) is 298 cm³/mol. The van der Waals surface area contributed by atoms with Crippen LogP contribution in [-0.2, 0) is 28.6 Å². The van der Waals surface area contributed by atoms with Gasteiger partial charge in [-0.15, -0.1) is 0 Å². The maximum atomic E-state index is 12.9. The second-order valence-electron chi connectivity index (χ2n) is 20.2. The Kier molecular flexibility index (Phi) is 55.7. The van der Waals surface area contributed by atoms with Crippen LogP contribution >= 0.6 is 0 Å². The van der Waals surface area contributed by atoms with Crippen molar-refractivity contribution in [2.24, 2.45) is 0 Å². The normalized spacial score (nSPS) is 12.3. The smallest absolute Gasteiger partial charge is 0.306 e. The van der Waals surface area contributed by atoms with Gasteiger partial charge < -0.3 is 14.2 Å². The SMILES string of the molecule is CCCC/C=C\CCCCCCCC(=O)OCC(COC(=O)CCCCCCCCCCC/C=C\C/C=C\CCCCCCC)OC(=O)CCCCCCCCCCC/C=C\CCCCCCCC. The van der Waals surface area contributed by atoms with Crippen LogP contribution in [0.25, 0.3) is 0 Å². The van der Waals surface area contributed by atoms with Crippen LogP contribution in [0.4, 0.5) is 0 Å². The van der Waals surface area contributed by atoms with Gasteiger partial charge >= 0.3 is 17.9 Å². The van der Waals surface area contributed by atoms with E-state index in [2.05, 4.69) is 69.4 Å². The highest BCUT2D eigenvalue weighted by molar-refractivity contribution is 5.71. The second-order valence-corrected chi connectivity index (χ2v) is 20.2. The van der Waals surface area contributed by atoms with Crippen LogP contribution in [0.5, 0.6) is 0 Å². The molecule has 6 nitrogen and oxygen atoms in total. The summed E-state index contributed by atoms with van der Waals surface area (Å²) in [6, 6.07) is 0. The molecule has 6 heteroatoms. The topological polar surface area (TPSA) is 78.9 Å². The van der Waals surface area contributed by atoms with Crippen molar-refractivity contribution >= 4 is 17.9 Å². The number of carbonyl (C=O) groups excluding carboxylic acids is 3.